The first-order chi connectivity index (χ1) is 4.75. The van der Waals surface area contributed by atoms with Crippen LogP contribution < -0.4 is 0 Å². The molecule has 0 N–H and O–H groups in total. The SMILES string of the molecule is COC(=O)C1=[N+](C)C=CC1. The number of methoxy groups -OCH3 is 1. The van der Waals surface area contributed by atoms with E-state index in [2.05, 4.69) is 4.74 Å². The van der Waals surface area contributed by atoms with Crippen LogP contribution in [0.3, 0.4) is 0 Å². The molecule has 0 saturated carbocycles. The molecule has 0 saturated heterocycles. The van der Waals surface area contributed by atoms with Crippen LogP contribution >= 0.6 is 0 Å². The highest BCUT2D eigenvalue weighted by Gasteiger charge is 2.22. The quantitative estimate of drug-likeness (QED) is 0.383. The predicted molar refractivity (Wildman–Crippen MR) is 37.0 cm³/mol. The Hall–Kier alpha value is -1.12. The highest BCUT2D eigenvalue weighted by molar-refractivity contribution is 6.34. The number of ether oxygens (including phenoxy) is 1. The molecule has 54 valence electrons. The molecule has 0 unspecified atom stereocenters. The number of nitrogens with zero attached hydrogens (tertiary/aromatic N) is 1. The van der Waals surface area contributed by atoms with Gasteiger partial charge in [0, 0.05) is 0 Å². The Morgan fingerprint density at radius 3 is 2.90 bits per heavy atom. The van der Waals surface area contributed by atoms with E-state index in [1.807, 2.05) is 19.3 Å². The second kappa shape index (κ2) is 2.64. The monoisotopic (exact) mass is 140 g/mol. The van der Waals surface area contributed by atoms with Gasteiger partial charge in [0.2, 0.25) is 0 Å². The second-order valence-corrected chi connectivity index (χ2v) is 2.14. The summed E-state index contributed by atoms with van der Waals surface area (Å²) in [5.41, 5.74) is 0.697. The molecule has 0 amide bonds. The standard InChI is InChI=1S/C7H10NO2/c1-8-5-3-4-6(8)7(9)10-2/h3,5H,4H2,1-2H3/q+1. The second-order valence-electron chi connectivity index (χ2n) is 2.14. The third-order valence-corrected chi connectivity index (χ3v) is 1.49. The van der Waals surface area contributed by atoms with Crippen molar-refractivity contribution in [2.24, 2.45) is 0 Å². The minimum atomic E-state index is -0.243. The summed E-state index contributed by atoms with van der Waals surface area (Å²) < 4.78 is 6.32. The zero-order valence-electron chi connectivity index (χ0n) is 6.13. The highest BCUT2D eigenvalue weighted by atomic mass is 16.5. The number of rotatable bonds is 1. The summed E-state index contributed by atoms with van der Waals surface area (Å²) in [6, 6.07) is 0. The molecule has 1 aliphatic rings. The Balaban J connectivity index is 2.76. The van der Waals surface area contributed by atoms with E-state index in [-0.39, 0.29) is 5.97 Å². The van der Waals surface area contributed by atoms with Gasteiger partial charge >= 0.3 is 5.97 Å². The fourth-order valence-corrected chi connectivity index (χ4v) is 0.902. The number of carbonyl (C=O) groups is 1. The number of hydrogen-bond acceptors (Lipinski definition) is 2. The molecule has 0 atom stereocenters. The molecule has 10 heavy (non-hydrogen) atoms. The molecule has 3 heteroatoms. The lowest BCUT2D eigenvalue weighted by Gasteiger charge is -1.93. The van der Waals surface area contributed by atoms with Gasteiger partial charge in [0.15, 0.2) is 6.20 Å². The smallest absolute Gasteiger partial charge is 0.399 e. The van der Waals surface area contributed by atoms with Gasteiger partial charge in [0.05, 0.1) is 13.5 Å². The van der Waals surface area contributed by atoms with Crippen molar-refractivity contribution < 1.29 is 14.1 Å². The molecule has 0 aromatic carbocycles. The summed E-state index contributed by atoms with van der Waals surface area (Å²) in [6.07, 6.45) is 4.46. The highest BCUT2D eigenvalue weighted by Crippen LogP contribution is 1.99. The number of carbonyl (C=O) groups excluding carboxylic acids is 1. The molecule has 0 aliphatic carbocycles. The molecular weight excluding hydrogens is 130 g/mol. The van der Waals surface area contributed by atoms with Crippen molar-refractivity contribution in [3.05, 3.63) is 12.3 Å². The summed E-state index contributed by atoms with van der Waals surface area (Å²) in [5.74, 6) is -0.243. The topological polar surface area (TPSA) is 29.3 Å². The minimum absolute atomic E-state index is 0.243. The lowest BCUT2D eigenvalue weighted by atomic mass is 10.3. The number of hydrogen-bond donors (Lipinski definition) is 0. The first-order valence-electron chi connectivity index (χ1n) is 3.09. The van der Waals surface area contributed by atoms with E-state index in [1.54, 1.807) is 4.58 Å². The third-order valence-electron chi connectivity index (χ3n) is 1.49. The van der Waals surface area contributed by atoms with Gasteiger partial charge in [-0.15, -0.1) is 0 Å². The molecule has 1 heterocycles. The van der Waals surface area contributed by atoms with Crippen molar-refractivity contribution >= 4 is 11.7 Å². The van der Waals surface area contributed by atoms with Gasteiger partial charge < -0.3 is 4.74 Å². The van der Waals surface area contributed by atoms with E-state index < -0.39 is 0 Å². The first-order valence-corrected chi connectivity index (χ1v) is 3.09. The Morgan fingerprint density at radius 2 is 2.50 bits per heavy atom. The molecule has 3 nitrogen and oxygen atoms in total. The van der Waals surface area contributed by atoms with Crippen molar-refractivity contribution in [2.45, 2.75) is 6.42 Å². The zero-order chi connectivity index (χ0) is 7.56. The van der Waals surface area contributed by atoms with E-state index >= 15 is 0 Å². The van der Waals surface area contributed by atoms with Gasteiger partial charge in [0.25, 0.3) is 5.71 Å². The van der Waals surface area contributed by atoms with Gasteiger partial charge in [0.1, 0.15) is 7.05 Å². The molecule has 1 aliphatic heterocycles. The Bertz CT molecular complexity index is 216. The third kappa shape index (κ3) is 1.07. The molecule has 0 aromatic rings. The Kier molecular flexibility index (Phi) is 1.85. The summed E-state index contributed by atoms with van der Waals surface area (Å²) in [7, 11) is 3.22. The lowest BCUT2D eigenvalue weighted by Crippen LogP contribution is -2.20. The average Bonchev–Trinajstić information content (AvgIpc) is 2.34. The Morgan fingerprint density at radius 1 is 1.80 bits per heavy atom. The summed E-state index contributed by atoms with van der Waals surface area (Å²) in [6.45, 7) is 0. The van der Waals surface area contributed by atoms with Crippen molar-refractivity contribution in [2.75, 3.05) is 14.2 Å². The van der Waals surface area contributed by atoms with E-state index in [1.165, 1.54) is 7.11 Å². The molecule has 0 bridgehead atoms. The lowest BCUT2D eigenvalue weighted by molar-refractivity contribution is -0.418. The van der Waals surface area contributed by atoms with Crippen LogP contribution in [0.5, 0.6) is 0 Å². The summed E-state index contributed by atoms with van der Waals surface area (Å²) in [5, 5.41) is 0. The van der Waals surface area contributed by atoms with Crippen LogP contribution in [0.25, 0.3) is 0 Å². The number of esters is 1. The predicted octanol–water partition coefficient (Wildman–Crippen LogP) is 0.160. The van der Waals surface area contributed by atoms with Crippen molar-refractivity contribution in [3.8, 4) is 0 Å². The molecule has 0 radical (unpaired) electrons. The normalized spacial score (nSPS) is 16.2. The number of allylic oxidation sites excluding steroid dienone is 1. The molecule has 1 rings (SSSR count). The van der Waals surface area contributed by atoms with Crippen LogP contribution in [0.1, 0.15) is 6.42 Å². The first kappa shape index (κ1) is 6.99. The maximum Gasteiger partial charge on any atom is 0.399 e. The van der Waals surface area contributed by atoms with E-state index in [0.29, 0.717) is 12.1 Å². The van der Waals surface area contributed by atoms with Gasteiger partial charge in [-0.25, -0.2) is 4.79 Å². The molecule has 0 fully saturated rings. The van der Waals surface area contributed by atoms with Gasteiger partial charge in [-0.2, -0.15) is 4.58 Å². The molecule has 0 spiro atoms. The fraction of sp³-hybridized carbons (Fsp3) is 0.429. The average molecular weight is 140 g/mol. The Labute approximate surface area is 59.6 Å². The van der Waals surface area contributed by atoms with E-state index in [9.17, 15) is 4.79 Å². The zero-order valence-corrected chi connectivity index (χ0v) is 6.13. The molecular formula is C7H10NO2+. The van der Waals surface area contributed by atoms with Crippen LogP contribution in [0, 0.1) is 0 Å². The van der Waals surface area contributed by atoms with Crippen LogP contribution in [0.15, 0.2) is 12.3 Å². The van der Waals surface area contributed by atoms with Gasteiger partial charge in [-0.1, -0.05) is 0 Å². The summed E-state index contributed by atoms with van der Waals surface area (Å²) >= 11 is 0. The fourth-order valence-electron chi connectivity index (χ4n) is 0.902. The van der Waals surface area contributed by atoms with Crippen molar-refractivity contribution in [1.29, 1.82) is 0 Å². The van der Waals surface area contributed by atoms with Crippen LogP contribution in [-0.2, 0) is 9.53 Å². The molecule has 0 aromatic heterocycles. The summed E-state index contributed by atoms with van der Waals surface area (Å²) in [4.78, 5) is 10.9. The maximum atomic E-state index is 10.9. The van der Waals surface area contributed by atoms with Crippen LogP contribution in [0.2, 0.25) is 0 Å². The van der Waals surface area contributed by atoms with Crippen molar-refractivity contribution in [1.82, 2.24) is 0 Å². The maximum absolute atomic E-state index is 10.9. The van der Waals surface area contributed by atoms with Gasteiger partial charge in [-0.3, -0.25) is 0 Å². The van der Waals surface area contributed by atoms with Gasteiger partial charge in [-0.05, 0) is 6.08 Å². The van der Waals surface area contributed by atoms with Crippen LogP contribution in [-0.4, -0.2) is 30.4 Å². The van der Waals surface area contributed by atoms with E-state index in [0.717, 1.165) is 0 Å². The van der Waals surface area contributed by atoms with Crippen LogP contribution in [0.4, 0.5) is 0 Å². The largest absolute Gasteiger partial charge is 0.461 e. The van der Waals surface area contributed by atoms with E-state index in [4.69, 9.17) is 0 Å². The minimum Gasteiger partial charge on any atom is -0.461 e. The van der Waals surface area contributed by atoms with Crippen molar-refractivity contribution in [3.63, 3.8) is 0 Å².